The molecule has 0 spiro atoms. The van der Waals surface area contributed by atoms with Crippen LogP contribution in [0.1, 0.15) is 79.6 Å². The molecule has 0 radical (unpaired) electrons. The number of carboxylic acid groups (broad SMARTS) is 1. The minimum absolute atomic E-state index is 0.00793. The molecule has 0 unspecified atom stereocenters. The van der Waals surface area contributed by atoms with Gasteiger partial charge in [-0.1, -0.05) is 55.4 Å². The van der Waals surface area contributed by atoms with Crippen LogP contribution < -0.4 is 26.6 Å². The molecule has 0 aliphatic rings. The number of carbonyl (C=O) groups excluding carboxylic acids is 4. The number of nitrogens with one attached hydrogen (secondary N) is 5. The average Bonchev–Trinajstić information content (AvgIpc) is 3.26. The maximum absolute atomic E-state index is 13.4. The fraction of sp³-hybridized carbons (Fsp3) is 0.750. The Hall–Kier alpha value is -3.68. The van der Waals surface area contributed by atoms with Gasteiger partial charge in [-0.25, -0.2) is 4.79 Å². The monoisotopic (exact) mass is 651 g/mol. The van der Waals surface area contributed by atoms with Gasteiger partial charge in [-0.15, -0.1) is 0 Å². The number of nitrogens with zero attached hydrogens (tertiary/aromatic N) is 2. The van der Waals surface area contributed by atoms with E-state index in [1.165, 1.54) is 0 Å². The number of aryl methyl sites for hydroxylation is 2. The lowest BCUT2D eigenvalue weighted by atomic mass is 9.91. The number of hydrogen-bond donors (Lipinski definition) is 7. The van der Waals surface area contributed by atoms with E-state index in [1.807, 2.05) is 61.5 Å². The number of aliphatic hydroxyl groups is 1. The SMILES string of the molecule is Cc1cc(C)n(C[C@H](C)C(=O)N[C@@H](CNC(=O)O)C(=O)N[C@@H](CC(C)C)[C@H](O)C[C@@H](C)C(=O)N[C@H](C(=O)NCC(C)C)C(C)C)n1. The Morgan fingerprint density at radius 3 is 1.87 bits per heavy atom. The highest BCUT2D eigenvalue weighted by molar-refractivity contribution is 5.89. The third-order valence-corrected chi connectivity index (χ3v) is 7.58. The van der Waals surface area contributed by atoms with Gasteiger partial charge in [0, 0.05) is 18.2 Å². The Kier molecular flexibility index (Phi) is 16.7. The van der Waals surface area contributed by atoms with Crippen molar-refractivity contribution < 1.29 is 34.2 Å². The first-order chi connectivity index (χ1) is 21.3. The van der Waals surface area contributed by atoms with Gasteiger partial charge in [0.1, 0.15) is 12.1 Å². The van der Waals surface area contributed by atoms with Crippen molar-refractivity contribution in [3.05, 3.63) is 17.5 Å². The lowest BCUT2D eigenvalue weighted by molar-refractivity contribution is -0.133. The zero-order valence-electron chi connectivity index (χ0n) is 29.1. The molecule has 1 aromatic heterocycles. The number of aliphatic hydroxyl groups excluding tert-OH is 1. The molecule has 5 amide bonds. The Labute approximate surface area is 273 Å². The van der Waals surface area contributed by atoms with Crippen molar-refractivity contribution in [2.75, 3.05) is 13.1 Å². The maximum atomic E-state index is 13.4. The highest BCUT2D eigenvalue weighted by Gasteiger charge is 2.32. The summed E-state index contributed by atoms with van der Waals surface area (Å²) in [6.45, 7) is 18.8. The van der Waals surface area contributed by atoms with Gasteiger partial charge in [0.25, 0.3) is 0 Å². The Balaban J connectivity index is 3.00. The van der Waals surface area contributed by atoms with E-state index in [-0.39, 0.29) is 36.6 Å². The number of amides is 5. The molecule has 0 aromatic carbocycles. The van der Waals surface area contributed by atoms with E-state index in [4.69, 9.17) is 0 Å². The van der Waals surface area contributed by atoms with Crippen LogP contribution in [0.3, 0.4) is 0 Å². The molecule has 1 rings (SSSR count). The van der Waals surface area contributed by atoms with Crippen LogP contribution in [0.4, 0.5) is 4.79 Å². The summed E-state index contributed by atoms with van der Waals surface area (Å²) in [7, 11) is 0. The molecule has 14 nitrogen and oxygen atoms in total. The van der Waals surface area contributed by atoms with E-state index in [1.54, 1.807) is 18.5 Å². The van der Waals surface area contributed by atoms with E-state index in [9.17, 15) is 34.2 Å². The summed E-state index contributed by atoms with van der Waals surface area (Å²) < 4.78 is 1.69. The zero-order valence-corrected chi connectivity index (χ0v) is 29.1. The summed E-state index contributed by atoms with van der Waals surface area (Å²) >= 11 is 0. The van der Waals surface area contributed by atoms with Gasteiger partial charge in [0.05, 0.1) is 36.8 Å². The van der Waals surface area contributed by atoms with Crippen LogP contribution in [-0.4, -0.2) is 87.0 Å². The fourth-order valence-corrected chi connectivity index (χ4v) is 4.90. The number of aromatic nitrogens is 2. The first-order valence-corrected chi connectivity index (χ1v) is 16.2. The summed E-state index contributed by atoms with van der Waals surface area (Å²) in [5.74, 6) is -2.97. The van der Waals surface area contributed by atoms with Gasteiger partial charge >= 0.3 is 6.09 Å². The molecule has 46 heavy (non-hydrogen) atoms. The molecule has 1 aromatic rings. The summed E-state index contributed by atoms with van der Waals surface area (Å²) in [4.78, 5) is 63.6. The molecule has 0 aliphatic carbocycles. The van der Waals surface area contributed by atoms with Crippen LogP contribution >= 0.6 is 0 Å². The van der Waals surface area contributed by atoms with Crippen molar-refractivity contribution in [3.8, 4) is 0 Å². The molecule has 7 N–H and O–H groups in total. The molecule has 0 saturated carbocycles. The van der Waals surface area contributed by atoms with Gasteiger partial charge in [0.2, 0.25) is 23.6 Å². The first kappa shape index (κ1) is 40.3. The normalized spacial score (nSPS) is 15.4. The maximum Gasteiger partial charge on any atom is 0.404 e. The molecule has 14 heteroatoms. The molecular formula is C32H57N7O7. The number of rotatable bonds is 19. The predicted octanol–water partition coefficient (Wildman–Crippen LogP) is 1.72. The van der Waals surface area contributed by atoms with Gasteiger partial charge in [0.15, 0.2) is 0 Å². The van der Waals surface area contributed by atoms with Crippen LogP contribution in [0.5, 0.6) is 0 Å². The molecule has 262 valence electrons. The summed E-state index contributed by atoms with van der Waals surface area (Å²) in [6, 6.07) is -0.915. The van der Waals surface area contributed by atoms with E-state index in [0.29, 0.717) is 13.0 Å². The number of hydrogen-bond acceptors (Lipinski definition) is 7. The van der Waals surface area contributed by atoms with Crippen LogP contribution in [0, 0.1) is 43.4 Å². The fourth-order valence-electron chi connectivity index (χ4n) is 4.90. The van der Waals surface area contributed by atoms with Crippen molar-refractivity contribution in [2.45, 2.75) is 113 Å². The standard InChI is InChI=1S/C32H57N7O7/c1-17(2)11-24(26(40)12-20(7)28(41)37-27(19(5)6)31(44)33-14-18(3)4)35-30(43)25(15-34-32(45)46)36-29(42)21(8)16-39-23(10)13-22(9)38-39/h13,17-21,24-27,34,40H,11-12,14-16H2,1-10H3,(H,33,44)(H,35,43)(H,36,42)(H,37,41)(H,45,46)/t20-,21+,24+,25+,26-,27+/m1/s1. The van der Waals surface area contributed by atoms with Gasteiger partial charge in [-0.2, -0.15) is 5.10 Å². The molecule has 0 bridgehead atoms. The van der Waals surface area contributed by atoms with Crippen molar-refractivity contribution in [1.29, 1.82) is 0 Å². The topological polar surface area (TPSA) is 204 Å². The minimum Gasteiger partial charge on any atom is -0.465 e. The van der Waals surface area contributed by atoms with E-state index in [0.717, 1.165) is 11.4 Å². The first-order valence-electron chi connectivity index (χ1n) is 16.2. The van der Waals surface area contributed by atoms with Crippen molar-refractivity contribution in [3.63, 3.8) is 0 Å². The zero-order chi connectivity index (χ0) is 35.3. The summed E-state index contributed by atoms with van der Waals surface area (Å²) in [6.07, 6.45) is -2.16. The van der Waals surface area contributed by atoms with Gasteiger partial charge in [-0.3, -0.25) is 23.9 Å². The molecule has 0 saturated heterocycles. The highest BCUT2D eigenvalue weighted by atomic mass is 16.4. The molecule has 6 atom stereocenters. The van der Waals surface area contributed by atoms with Crippen LogP contribution in [0.25, 0.3) is 0 Å². The average molecular weight is 652 g/mol. The van der Waals surface area contributed by atoms with Crippen molar-refractivity contribution in [2.24, 2.45) is 29.6 Å². The summed E-state index contributed by atoms with van der Waals surface area (Å²) in [5, 5.41) is 37.9. The molecule has 0 fully saturated rings. The molecular weight excluding hydrogens is 594 g/mol. The summed E-state index contributed by atoms with van der Waals surface area (Å²) in [5.41, 5.74) is 1.68. The minimum atomic E-state index is -1.36. The van der Waals surface area contributed by atoms with Crippen molar-refractivity contribution >= 4 is 29.7 Å². The van der Waals surface area contributed by atoms with Crippen LogP contribution in [0.2, 0.25) is 0 Å². The molecule has 0 aliphatic heterocycles. The largest absolute Gasteiger partial charge is 0.465 e. The van der Waals surface area contributed by atoms with Crippen LogP contribution in [-0.2, 0) is 25.7 Å². The lowest BCUT2D eigenvalue weighted by Gasteiger charge is -2.30. The molecule has 1 heterocycles. The van der Waals surface area contributed by atoms with Gasteiger partial charge in [-0.05, 0) is 50.5 Å². The van der Waals surface area contributed by atoms with E-state index < -0.39 is 66.4 Å². The Morgan fingerprint density at radius 2 is 1.37 bits per heavy atom. The Morgan fingerprint density at radius 1 is 0.761 bits per heavy atom. The van der Waals surface area contributed by atoms with Crippen LogP contribution in [0.15, 0.2) is 6.07 Å². The van der Waals surface area contributed by atoms with Crippen molar-refractivity contribution in [1.82, 2.24) is 36.4 Å². The lowest BCUT2D eigenvalue weighted by Crippen LogP contribution is -2.57. The second-order valence-electron chi connectivity index (χ2n) is 13.6. The second kappa shape index (κ2) is 19.1. The van der Waals surface area contributed by atoms with Gasteiger partial charge < -0.3 is 36.8 Å². The van der Waals surface area contributed by atoms with E-state index in [2.05, 4.69) is 31.7 Å². The Bertz CT molecular complexity index is 1170. The third-order valence-electron chi connectivity index (χ3n) is 7.58. The number of carbonyl (C=O) groups is 5. The predicted molar refractivity (Wildman–Crippen MR) is 175 cm³/mol. The highest BCUT2D eigenvalue weighted by Crippen LogP contribution is 2.17. The van der Waals surface area contributed by atoms with E-state index >= 15 is 0 Å². The smallest absolute Gasteiger partial charge is 0.404 e. The second-order valence-corrected chi connectivity index (χ2v) is 13.6. The third kappa shape index (κ3) is 14.2. The quantitative estimate of drug-likeness (QED) is 0.117.